The Morgan fingerprint density at radius 2 is 1.33 bits per heavy atom. The molecule has 122 valence electrons. The fourth-order valence-corrected chi connectivity index (χ4v) is 3.79. The van der Waals surface area contributed by atoms with Crippen LogP contribution < -0.4 is 0 Å². The van der Waals surface area contributed by atoms with E-state index in [2.05, 4.69) is 12.1 Å². The molecule has 0 radical (unpaired) electrons. The molecule has 0 aromatic heterocycles. The van der Waals surface area contributed by atoms with E-state index in [1.54, 1.807) is 0 Å². The molecule has 1 saturated carbocycles. The standard InChI is InChI=1S/C20H19NO3/c22-19(17-9-10-18(17)20(23)24)21-11-13-5-1-3-7-15(13)16-8-4-2-6-14(16)12-21/h1-8,17-18H,9-12H2,(H,23,24). The first-order chi connectivity index (χ1) is 11.6. The van der Waals surface area contributed by atoms with Gasteiger partial charge in [-0.3, -0.25) is 9.59 Å². The van der Waals surface area contributed by atoms with E-state index in [9.17, 15) is 14.7 Å². The van der Waals surface area contributed by atoms with E-state index in [0.717, 1.165) is 22.3 Å². The van der Waals surface area contributed by atoms with Crippen LogP contribution in [0.3, 0.4) is 0 Å². The van der Waals surface area contributed by atoms with Gasteiger partial charge in [-0.25, -0.2) is 0 Å². The number of carboxylic acid groups (broad SMARTS) is 1. The molecule has 1 fully saturated rings. The zero-order chi connectivity index (χ0) is 16.7. The van der Waals surface area contributed by atoms with Crippen LogP contribution in [0.4, 0.5) is 0 Å². The highest BCUT2D eigenvalue weighted by Gasteiger charge is 2.43. The maximum atomic E-state index is 12.9. The third-order valence-electron chi connectivity index (χ3n) is 5.27. The van der Waals surface area contributed by atoms with E-state index in [-0.39, 0.29) is 11.8 Å². The van der Waals surface area contributed by atoms with Crippen LogP contribution in [0.25, 0.3) is 11.1 Å². The van der Waals surface area contributed by atoms with E-state index < -0.39 is 11.9 Å². The maximum absolute atomic E-state index is 12.9. The number of nitrogens with zero attached hydrogens (tertiary/aromatic N) is 1. The number of carbonyl (C=O) groups is 2. The van der Waals surface area contributed by atoms with Gasteiger partial charge >= 0.3 is 5.97 Å². The van der Waals surface area contributed by atoms with Gasteiger partial charge in [0.05, 0.1) is 11.8 Å². The number of hydrogen-bond acceptors (Lipinski definition) is 2. The zero-order valence-electron chi connectivity index (χ0n) is 13.3. The molecule has 1 heterocycles. The summed E-state index contributed by atoms with van der Waals surface area (Å²) in [4.78, 5) is 26.0. The second kappa shape index (κ2) is 5.78. The molecule has 0 bridgehead atoms. The summed E-state index contributed by atoms with van der Waals surface area (Å²) in [6.45, 7) is 1.07. The van der Waals surface area contributed by atoms with Crippen molar-refractivity contribution in [1.29, 1.82) is 0 Å². The predicted octanol–water partition coefficient (Wildman–Crippen LogP) is 3.31. The Morgan fingerprint density at radius 3 is 1.79 bits per heavy atom. The predicted molar refractivity (Wildman–Crippen MR) is 90.0 cm³/mol. The van der Waals surface area contributed by atoms with Gasteiger partial charge in [0, 0.05) is 13.1 Å². The largest absolute Gasteiger partial charge is 0.481 e. The van der Waals surface area contributed by atoms with Gasteiger partial charge in [-0.1, -0.05) is 48.5 Å². The number of fused-ring (bicyclic) bond motifs is 3. The van der Waals surface area contributed by atoms with Gasteiger partial charge in [-0.15, -0.1) is 0 Å². The summed E-state index contributed by atoms with van der Waals surface area (Å²) in [5, 5.41) is 9.25. The summed E-state index contributed by atoms with van der Waals surface area (Å²) in [6, 6.07) is 16.3. The lowest BCUT2D eigenvalue weighted by atomic mass is 9.73. The Balaban J connectivity index is 1.70. The maximum Gasteiger partial charge on any atom is 0.307 e. The van der Waals surface area contributed by atoms with Crippen molar-refractivity contribution in [3.8, 4) is 11.1 Å². The van der Waals surface area contributed by atoms with Crippen molar-refractivity contribution in [2.75, 3.05) is 0 Å². The van der Waals surface area contributed by atoms with E-state index in [1.165, 1.54) is 0 Å². The first-order valence-electron chi connectivity index (χ1n) is 8.33. The monoisotopic (exact) mass is 321 g/mol. The first-order valence-corrected chi connectivity index (χ1v) is 8.33. The highest BCUT2D eigenvalue weighted by molar-refractivity contribution is 5.87. The van der Waals surface area contributed by atoms with Crippen LogP contribution in [-0.4, -0.2) is 21.9 Å². The minimum Gasteiger partial charge on any atom is -0.481 e. The number of carboxylic acids is 1. The van der Waals surface area contributed by atoms with Crippen LogP contribution in [0.5, 0.6) is 0 Å². The van der Waals surface area contributed by atoms with Crippen molar-refractivity contribution < 1.29 is 14.7 Å². The Bertz CT molecular complexity index is 767. The van der Waals surface area contributed by atoms with Gasteiger partial charge < -0.3 is 10.0 Å². The molecule has 0 saturated heterocycles. The van der Waals surface area contributed by atoms with Gasteiger partial charge in [-0.2, -0.15) is 0 Å². The fraction of sp³-hybridized carbons (Fsp3) is 0.300. The lowest BCUT2D eigenvalue weighted by Gasteiger charge is -2.36. The summed E-state index contributed by atoms with van der Waals surface area (Å²) in [5.41, 5.74) is 4.54. The molecule has 1 aliphatic heterocycles. The van der Waals surface area contributed by atoms with Crippen LogP contribution in [0, 0.1) is 11.8 Å². The van der Waals surface area contributed by atoms with Gasteiger partial charge in [0.15, 0.2) is 0 Å². The molecule has 4 heteroatoms. The third kappa shape index (κ3) is 2.39. The van der Waals surface area contributed by atoms with Crippen LogP contribution in [0.15, 0.2) is 48.5 Å². The van der Waals surface area contributed by atoms with Gasteiger partial charge in [0.25, 0.3) is 0 Å². The molecule has 1 N–H and O–H groups in total. The van der Waals surface area contributed by atoms with Crippen molar-refractivity contribution in [2.45, 2.75) is 25.9 Å². The normalized spacial score (nSPS) is 21.9. The Kier molecular flexibility index (Phi) is 3.60. The van der Waals surface area contributed by atoms with Gasteiger partial charge in [0.1, 0.15) is 0 Å². The van der Waals surface area contributed by atoms with Crippen molar-refractivity contribution in [2.24, 2.45) is 11.8 Å². The smallest absolute Gasteiger partial charge is 0.307 e. The highest BCUT2D eigenvalue weighted by atomic mass is 16.4. The third-order valence-corrected chi connectivity index (χ3v) is 5.27. The van der Waals surface area contributed by atoms with Crippen molar-refractivity contribution in [3.05, 3.63) is 59.7 Å². The number of benzene rings is 2. The van der Waals surface area contributed by atoms with E-state index >= 15 is 0 Å². The van der Waals surface area contributed by atoms with Gasteiger partial charge in [0.2, 0.25) is 5.91 Å². The quantitative estimate of drug-likeness (QED) is 0.923. The number of carbonyl (C=O) groups excluding carboxylic acids is 1. The summed E-state index contributed by atoms with van der Waals surface area (Å²) >= 11 is 0. The minimum atomic E-state index is -0.852. The summed E-state index contributed by atoms with van der Waals surface area (Å²) in [6.07, 6.45) is 1.28. The molecule has 2 atom stereocenters. The first kappa shape index (κ1) is 14.9. The molecule has 2 aromatic carbocycles. The molecule has 0 spiro atoms. The number of aliphatic carboxylic acids is 1. The molecule has 24 heavy (non-hydrogen) atoms. The van der Waals surface area contributed by atoms with Crippen molar-refractivity contribution >= 4 is 11.9 Å². The van der Waals surface area contributed by atoms with Gasteiger partial charge in [-0.05, 0) is 35.1 Å². The Hall–Kier alpha value is -2.62. The summed E-state index contributed by atoms with van der Waals surface area (Å²) in [7, 11) is 0. The highest BCUT2D eigenvalue weighted by Crippen LogP contribution is 2.38. The van der Waals surface area contributed by atoms with E-state index in [1.807, 2.05) is 41.3 Å². The molecular formula is C20H19NO3. The molecule has 4 rings (SSSR count). The summed E-state index contributed by atoms with van der Waals surface area (Å²) < 4.78 is 0. The average molecular weight is 321 g/mol. The second-order valence-corrected chi connectivity index (χ2v) is 6.64. The molecule has 2 unspecified atom stereocenters. The molecular weight excluding hydrogens is 302 g/mol. The molecule has 1 aliphatic carbocycles. The molecule has 2 aromatic rings. The second-order valence-electron chi connectivity index (χ2n) is 6.64. The van der Waals surface area contributed by atoms with Crippen LogP contribution >= 0.6 is 0 Å². The van der Waals surface area contributed by atoms with E-state index in [0.29, 0.717) is 25.9 Å². The molecule has 4 nitrogen and oxygen atoms in total. The van der Waals surface area contributed by atoms with E-state index in [4.69, 9.17) is 0 Å². The van der Waals surface area contributed by atoms with Crippen molar-refractivity contribution in [1.82, 2.24) is 4.90 Å². The summed E-state index contributed by atoms with van der Waals surface area (Å²) in [5.74, 6) is -1.78. The lowest BCUT2D eigenvalue weighted by molar-refractivity contribution is -0.157. The molecule has 1 amide bonds. The fourth-order valence-electron chi connectivity index (χ4n) is 3.79. The van der Waals surface area contributed by atoms with Crippen LogP contribution in [-0.2, 0) is 22.7 Å². The average Bonchev–Trinajstić information content (AvgIpc) is 2.70. The number of hydrogen-bond donors (Lipinski definition) is 1. The van der Waals surface area contributed by atoms with Crippen LogP contribution in [0.1, 0.15) is 24.0 Å². The number of amides is 1. The SMILES string of the molecule is O=C(O)C1CCC1C(=O)N1Cc2ccccc2-c2ccccc2C1. The minimum absolute atomic E-state index is 0.0276. The number of rotatable bonds is 2. The zero-order valence-corrected chi connectivity index (χ0v) is 13.3. The molecule has 2 aliphatic rings. The topological polar surface area (TPSA) is 57.6 Å². The van der Waals surface area contributed by atoms with Crippen LogP contribution in [0.2, 0.25) is 0 Å². The lowest BCUT2D eigenvalue weighted by Crippen LogP contribution is -2.45. The Morgan fingerprint density at radius 1 is 0.833 bits per heavy atom. The van der Waals surface area contributed by atoms with Crippen molar-refractivity contribution in [3.63, 3.8) is 0 Å². The Labute approximate surface area is 140 Å².